The summed E-state index contributed by atoms with van der Waals surface area (Å²) in [5.74, 6) is 0.459. The predicted octanol–water partition coefficient (Wildman–Crippen LogP) is 2.40. The molecule has 0 aliphatic heterocycles. The number of hydrogen-bond acceptors (Lipinski definition) is 2. The minimum atomic E-state index is 0.166. The van der Waals surface area contributed by atoms with Gasteiger partial charge in [-0.3, -0.25) is 0 Å². The van der Waals surface area contributed by atoms with Gasteiger partial charge in [-0.2, -0.15) is 0 Å². The average Bonchev–Trinajstić information content (AvgIpc) is 2.30. The van der Waals surface area contributed by atoms with Crippen molar-refractivity contribution in [3.8, 4) is 0 Å². The predicted molar refractivity (Wildman–Crippen MR) is 68.6 cm³/mol. The Hall–Kier alpha value is -1.28. The molecule has 2 atom stereocenters. The Labute approximate surface area is 97.4 Å². The summed E-state index contributed by atoms with van der Waals surface area (Å²) < 4.78 is 0. The van der Waals surface area contributed by atoms with E-state index in [1.165, 1.54) is 5.57 Å². The summed E-state index contributed by atoms with van der Waals surface area (Å²) >= 11 is 0. The van der Waals surface area contributed by atoms with Gasteiger partial charge < -0.3 is 11.5 Å². The fraction of sp³-hybridized carbons (Fsp3) is 0.429. The highest BCUT2D eigenvalue weighted by molar-refractivity contribution is 5.28. The smallest absolute Gasteiger partial charge is 0.0290 e. The zero-order chi connectivity index (χ0) is 11.4. The lowest BCUT2D eigenvalue weighted by Gasteiger charge is -2.21. The number of hydrogen-bond donors (Lipinski definition) is 2. The van der Waals surface area contributed by atoms with Gasteiger partial charge in [0.2, 0.25) is 0 Å². The van der Waals surface area contributed by atoms with Crippen molar-refractivity contribution < 1.29 is 0 Å². The van der Waals surface area contributed by atoms with Crippen LogP contribution < -0.4 is 11.5 Å². The fourth-order valence-electron chi connectivity index (χ4n) is 2.26. The minimum Gasteiger partial charge on any atom is -0.402 e. The molecule has 0 saturated carbocycles. The molecule has 2 rings (SSSR count). The minimum absolute atomic E-state index is 0.166. The van der Waals surface area contributed by atoms with Gasteiger partial charge in [0.1, 0.15) is 0 Å². The van der Waals surface area contributed by atoms with E-state index in [4.69, 9.17) is 11.5 Å². The maximum Gasteiger partial charge on any atom is 0.0290 e. The Kier molecular flexibility index (Phi) is 3.62. The third-order valence-corrected chi connectivity index (χ3v) is 3.36. The zero-order valence-electron chi connectivity index (χ0n) is 9.60. The highest BCUT2D eigenvalue weighted by Crippen LogP contribution is 2.24. The highest BCUT2D eigenvalue weighted by atomic mass is 14.6. The van der Waals surface area contributed by atoms with E-state index in [9.17, 15) is 0 Å². The van der Waals surface area contributed by atoms with E-state index >= 15 is 0 Å². The van der Waals surface area contributed by atoms with E-state index in [-0.39, 0.29) is 6.04 Å². The molecule has 16 heavy (non-hydrogen) atoms. The lowest BCUT2D eigenvalue weighted by molar-refractivity contribution is 0.526. The van der Waals surface area contributed by atoms with Gasteiger partial charge in [0.05, 0.1) is 0 Å². The van der Waals surface area contributed by atoms with Gasteiger partial charge in [-0.15, -0.1) is 0 Å². The van der Waals surface area contributed by atoms with Gasteiger partial charge >= 0.3 is 0 Å². The summed E-state index contributed by atoms with van der Waals surface area (Å²) in [4.78, 5) is 0. The second kappa shape index (κ2) is 5.17. The van der Waals surface area contributed by atoms with Crippen LogP contribution in [-0.4, -0.2) is 6.04 Å². The number of rotatable bonds is 3. The molecule has 2 aliphatic rings. The molecule has 0 bridgehead atoms. The first-order chi connectivity index (χ1) is 7.77. The van der Waals surface area contributed by atoms with Crippen LogP contribution in [0.15, 0.2) is 47.7 Å². The van der Waals surface area contributed by atoms with Gasteiger partial charge in [0.25, 0.3) is 0 Å². The maximum atomic E-state index is 6.03. The molecule has 0 saturated heterocycles. The molecule has 2 nitrogen and oxygen atoms in total. The first-order valence-corrected chi connectivity index (χ1v) is 6.02. The van der Waals surface area contributed by atoms with Crippen LogP contribution in [0, 0.1) is 5.92 Å². The molecular weight excluding hydrogens is 196 g/mol. The van der Waals surface area contributed by atoms with Gasteiger partial charge in [0.15, 0.2) is 0 Å². The Morgan fingerprint density at radius 3 is 2.81 bits per heavy atom. The quantitative estimate of drug-likeness (QED) is 0.761. The molecule has 0 fully saturated rings. The Morgan fingerprint density at radius 2 is 2.06 bits per heavy atom. The molecule has 0 aromatic rings. The van der Waals surface area contributed by atoms with Crippen LogP contribution in [0.1, 0.15) is 25.7 Å². The monoisotopic (exact) mass is 216 g/mol. The van der Waals surface area contributed by atoms with Crippen LogP contribution in [0.25, 0.3) is 0 Å². The molecule has 86 valence electrons. The van der Waals surface area contributed by atoms with Gasteiger partial charge in [0, 0.05) is 11.7 Å². The highest BCUT2D eigenvalue weighted by Gasteiger charge is 2.15. The molecule has 0 radical (unpaired) electrons. The third kappa shape index (κ3) is 2.64. The normalized spacial score (nSPS) is 28.8. The van der Waals surface area contributed by atoms with E-state index in [0.29, 0.717) is 5.92 Å². The topological polar surface area (TPSA) is 52.0 Å². The van der Waals surface area contributed by atoms with E-state index in [2.05, 4.69) is 30.4 Å². The van der Waals surface area contributed by atoms with Crippen LogP contribution in [0.5, 0.6) is 0 Å². The van der Waals surface area contributed by atoms with Crippen LogP contribution in [0.2, 0.25) is 0 Å². The molecule has 2 heteroatoms. The third-order valence-electron chi connectivity index (χ3n) is 3.36. The van der Waals surface area contributed by atoms with Crippen molar-refractivity contribution >= 4 is 0 Å². The Bertz CT molecular complexity index is 361. The second-order valence-corrected chi connectivity index (χ2v) is 4.54. The second-order valence-electron chi connectivity index (χ2n) is 4.54. The van der Waals surface area contributed by atoms with Gasteiger partial charge in [-0.05, 0) is 37.2 Å². The first kappa shape index (κ1) is 11.2. The summed E-state index contributed by atoms with van der Waals surface area (Å²) in [6, 6.07) is 0.166. The van der Waals surface area contributed by atoms with Crippen LogP contribution >= 0.6 is 0 Å². The maximum absolute atomic E-state index is 6.03. The Morgan fingerprint density at radius 1 is 1.25 bits per heavy atom. The molecule has 0 aromatic heterocycles. The summed E-state index contributed by atoms with van der Waals surface area (Å²) in [6.45, 7) is 0. The average molecular weight is 216 g/mol. The van der Waals surface area contributed by atoms with Crippen LogP contribution in [0.4, 0.5) is 0 Å². The Balaban J connectivity index is 1.90. The number of allylic oxidation sites excluding steroid dienone is 6. The SMILES string of the molecule is NC1=C(CCC2C=CC=CC2N)C=CCC1. The molecule has 0 heterocycles. The van der Waals surface area contributed by atoms with Crippen molar-refractivity contribution in [2.45, 2.75) is 31.7 Å². The van der Waals surface area contributed by atoms with E-state index in [1.807, 2.05) is 6.08 Å². The van der Waals surface area contributed by atoms with E-state index in [0.717, 1.165) is 31.4 Å². The van der Waals surface area contributed by atoms with Crippen molar-refractivity contribution in [3.05, 3.63) is 47.7 Å². The van der Waals surface area contributed by atoms with Crippen molar-refractivity contribution in [1.29, 1.82) is 0 Å². The molecule has 0 aromatic carbocycles. The fourth-order valence-corrected chi connectivity index (χ4v) is 2.26. The van der Waals surface area contributed by atoms with Crippen molar-refractivity contribution in [1.82, 2.24) is 0 Å². The summed E-state index contributed by atoms with van der Waals surface area (Å²) in [5.41, 5.74) is 14.4. The number of nitrogens with two attached hydrogens (primary N) is 2. The summed E-state index contributed by atoms with van der Waals surface area (Å²) in [5, 5.41) is 0. The standard InChI is InChI=1S/C14H20N2/c15-13-7-3-1-5-11(13)9-10-12-6-2-4-8-14(12)16/h1-3,5-7,11,13H,4,8-10,15-16H2. The van der Waals surface area contributed by atoms with Gasteiger partial charge in [-0.1, -0.05) is 36.5 Å². The van der Waals surface area contributed by atoms with Crippen molar-refractivity contribution in [2.75, 3.05) is 0 Å². The van der Waals surface area contributed by atoms with Crippen LogP contribution in [0.3, 0.4) is 0 Å². The largest absolute Gasteiger partial charge is 0.402 e. The van der Waals surface area contributed by atoms with Crippen molar-refractivity contribution in [3.63, 3.8) is 0 Å². The van der Waals surface area contributed by atoms with E-state index < -0.39 is 0 Å². The molecule has 0 amide bonds. The summed E-state index contributed by atoms with van der Waals surface area (Å²) in [6.07, 6.45) is 17.0. The lowest BCUT2D eigenvalue weighted by atomic mass is 9.88. The molecular formula is C14H20N2. The van der Waals surface area contributed by atoms with E-state index in [1.54, 1.807) is 0 Å². The molecule has 0 spiro atoms. The molecule has 2 aliphatic carbocycles. The summed E-state index contributed by atoms with van der Waals surface area (Å²) in [7, 11) is 0. The van der Waals surface area contributed by atoms with Crippen LogP contribution in [-0.2, 0) is 0 Å². The molecule has 2 unspecified atom stereocenters. The molecule has 4 N–H and O–H groups in total. The lowest BCUT2D eigenvalue weighted by Crippen LogP contribution is -2.28. The van der Waals surface area contributed by atoms with Gasteiger partial charge in [-0.25, -0.2) is 0 Å². The van der Waals surface area contributed by atoms with Crippen molar-refractivity contribution in [2.24, 2.45) is 17.4 Å². The zero-order valence-corrected chi connectivity index (χ0v) is 9.60. The first-order valence-electron chi connectivity index (χ1n) is 6.02.